The van der Waals surface area contributed by atoms with E-state index in [0.29, 0.717) is 18.0 Å². The average molecular weight is 183 g/mol. The summed E-state index contributed by atoms with van der Waals surface area (Å²) in [6.45, 7) is 11.9. The average Bonchev–Trinajstić information content (AvgIpc) is 2.28. The Morgan fingerprint density at radius 1 is 1.46 bits per heavy atom. The number of guanidine groups is 1. The molecular formula is C10H21N3. The maximum atomic E-state index is 5.84. The van der Waals surface area contributed by atoms with Gasteiger partial charge in [-0.05, 0) is 19.3 Å². The van der Waals surface area contributed by atoms with Crippen molar-refractivity contribution in [2.24, 2.45) is 16.1 Å². The molecule has 1 atom stereocenters. The van der Waals surface area contributed by atoms with E-state index in [1.807, 2.05) is 0 Å². The summed E-state index contributed by atoms with van der Waals surface area (Å²) in [6.07, 6.45) is 0. The van der Waals surface area contributed by atoms with Crippen molar-refractivity contribution in [3.05, 3.63) is 0 Å². The molecule has 0 fully saturated rings. The van der Waals surface area contributed by atoms with E-state index in [1.165, 1.54) is 0 Å². The molecule has 0 spiro atoms. The highest BCUT2D eigenvalue weighted by atomic mass is 15.3. The van der Waals surface area contributed by atoms with Gasteiger partial charge < -0.3 is 10.6 Å². The van der Waals surface area contributed by atoms with Gasteiger partial charge in [0.05, 0.1) is 12.6 Å². The molecule has 2 N–H and O–H groups in total. The first-order valence-corrected chi connectivity index (χ1v) is 4.92. The topological polar surface area (TPSA) is 41.6 Å². The number of nitrogens with two attached hydrogens (primary N) is 1. The minimum Gasteiger partial charge on any atom is -0.370 e. The van der Waals surface area contributed by atoms with Gasteiger partial charge in [0.1, 0.15) is 0 Å². The Morgan fingerprint density at radius 3 is 2.31 bits per heavy atom. The molecule has 1 rings (SSSR count). The molecule has 13 heavy (non-hydrogen) atoms. The first kappa shape index (κ1) is 10.4. The molecule has 0 saturated carbocycles. The first-order chi connectivity index (χ1) is 5.84. The molecule has 0 aliphatic carbocycles. The second-order valence-electron chi connectivity index (χ2n) is 5.08. The Bertz CT molecular complexity index is 213. The van der Waals surface area contributed by atoms with Crippen LogP contribution in [0.25, 0.3) is 0 Å². The second-order valence-corrected chi connectivity index (χ2v) is 5.08. The van der Waals surface area contributed by atoms with Crippen LogP contribution in [0.15, 0.2) is 4.99 Å². The normalized spacial score (nSPS) is 24.0. The van der Waals surface area contributed by atoms with Crippen LogP contribution in [0.1, 0.15) is 34.6 Å². The van der Waals surface area contributed by atoms with Gasteiger partial charge in [-0.1, -0.05) is 20.8 Å². The molecule has 0 saturated heterocycles. The summed E-state index contributed by atoms with van der Waals surface area (Å²) in [4.78, 5) is 6.53. The van der Waals surface area contributed by atoms with Crippen LogP contribution in [0.3, 0.4) is 0 Å². The zero-order valence-electron chi connectivity index (χ0n) is 9.33. The molecule has 1 aliphatic heterocycles. The Hall–Kier alpha value is -0.730. The zero-order valence-corrected chi connectivity index (χ0v) is 9.33. The van der Waals surface area contributed by atoms with Gasteiger partial charge in [0.2, 0.25) is 0 Å². The fourth-order valence-corrected chi connectivity index (χ4v) is 1.82. The summed E-state index contributed by atoms with van der Waals surface area (Å²) in [5, 5.41) is 0. The van der Waals surface area contributed by atoms with E-state index < -0.39 is 0 Å². The highest BCUT2D eigenvalue weighted by Gasteiger charge is 2.36. The van der Waals surface area contributed by atoms with Crippen molar-refractivity contribution in [1.29, 1.82) is 0 Å². The minimum absolute atomic E-state index is 0.245. The van der Waals surface area contributed by atoms with Gasteiger partial charge in [-0.3, -0.25) is 4.99 Å². The van der Waals surface area contributed by atoms with Crippen molar-refractivity contribution < 1.29 is 0 Å². The Morgan fingerprint density at radius 2 is 2.00 bits per heavy atom. The number of hydrogen-bond acceptors (Lipinski definition) is 3. The Balaban J connectivity index is 2.81. The van der Waals surface area contributed by atoms with Crippen LogP contribution in [0.4, 0.5) is 0 Å². The third-order valence-electron chi connectivity index (χ3n) is 2.58. The smallest absolute Gasteiger partial charge is 0.191 e. The second kappa shape index (κ2) is 3.20. The van der Waals surface area contributed by atoms with Crippen LogP contribution in [0.2, 0.25) is 0 Å². The molecule has 76 valence electrons. The van der Waals surface area contributed by atoms with E-state index in [0.717, 1.165) is 6.54 Å². The molecule has 1 unspecified atom stereocenters. The van der Waals surface area contributed by atoms with Gasteiger partial charge in [-0.25, -0.2) is 0 Å². The van der Waals surface area contributed by atoms with Crippen molar-refractivity contribution in [2.45, 2.75) is 46.7 Å². The number of nitrogens with zero attached hydrogens (tertiary/aromatic N) is 2. The minimum atomic E-state index is 0.245. The van der Waals surface area contributed by atoms with E-state index in [9.17, 15) is 0 Å². The fourth-order valence-electron chi connectivity index (χ4n) is 1.82. The van der Waals surface area contributed by atoms with E-state index in [1.54, 1.807) is 0 Å². The first-order valence-electron chi connectivity index (χ1n) is 4.92. The van der Waals surface area contributed by atoms with Crippen LogP contribution >= 0.6 is 0 Å². The van der Waals surface area contributed by atoms with Crippen LogP contribution in [0, 0.1) is 5.41 Å². The highest BCUT2D eigenvalue weighted by molar-refractivity contribution is 5.80. The Kier molecular flexibility index (Phi) is 2.55. The molecule has 0 aromatic rings. The lowest BCUT2D eigenvalue weighted by Gasteiger charge is -2.38. The summed E-state index contributed by atoms with van der Waals surface area (Å²) in [7, 11) is 0. The van der Waals surface area contributed by atoms with Crippen LogP contribution < -0.4 is 5.73 Å². The molecular weight excluding hydrogens is 162 g/mol. The molecule has 0 bridgehead atoms. The maximum Gasteiger partial charge on any atom is 0.191 e. The quantitative estimate of drug-likeness (QED) is 0.668. The summed E-state index contributed by atoms with van der Waals surface area (Å²) in [6, 6.07) is 0.892. The molecule has 0 amide bonds. The monoisotopic (exact) mass is 183 g/mol. The zero-order chi connectivity index (χ0) is 10.2. The van der Waals surface area contributed by atoms with Gasteiger partial charge in [0, 0.05) is 6.04 Å². The molecule has 0 aromatic heterocycles. The standard InChI is InChI=1S/C10H21N3/c1-7(2)13-8(10(3,4)5)6-12-9(13)11/h7-8H,6H2,1-5H3,(H2,11,12). The molecule has 3 nitrogen and oxygen atoms in total. The molecule has 0 aromatic carbocycles. The summed E-state index contributed by atoms with van der Waals surface area (Å²) in [5.74, 6) is 0.704. The maximum absolute atomic E-state index is 5.84. The molecule has 3 heteroatoms. The summed E-state index contributed by atoms with van der Waals surface area (Å²) in [5.41, 5.74) is 6.09. The van der Waals surface area contributed by atoms with Crippen molar-refractivity contribution in [1.82, 2.24) is 4.90 Å². The largest absolute Gasteiger partial charge is 0.370 e. The number of aliphatic imine (C=N–C) groups is 1. The number of hydrogen-bond donors (Lipinski definition) is 1. The van der Waals surface area contributed by atoms with Crippen molar-refractivity contribution >= 4 is 5.96 Å². The van der Waals surface area contributed by atoms with E-state index in [-0.39, 0.29) is 5.41 Å². The van der Waals surface area contributed by atoms with Gasteiger partial charge in [-0.2, -0.15) is 0 Å². The van der Waals surface area contributed by atoms with Gasteiger partial charge >= 0.3 is 0 Å². The van der Waals surface area contributed by atoms with Crippen LogP contribution in [-0.4, -0.2) is 29.5 Å². The summed E-state index contributed by atoms with van der Waals surface area (Å²) >= 11 is 0. The number of rotatable bonds is 1. The van der Waals surface area contributed by atoms with Crippen molar-refractivity contribution in [3.8, 4) is 0 Å². The predicted octanol–water partition coefficient (Wildman–Crippen LogP) is 1.44. The van der Waals surface area contributed by atoms with Crippen molar-refractivity contribution in [2.75, 3.05) is 6.54 Å². The molecule has 1 heterocycles. The van der Waals surface area contributed by atoms with Crippen LogP contribution in [0.5, 0.6) is 0 Å². The lowest BCUT2D eigenvalue weighted by atomic mass is 9.86. The van der Waals surface area contributed by atoms with Gasteiger partial charge in [-0.15, -0.1) is 0 Å². The summed E-state index contributed by atoms with van der Waals surface area (Å²) < 4.78 is 0. The lowest BCUT2D eigenvalue weighted by Crippen LogP contribution is -2.50. The third kappa shape index (κ3) is 1.95. The van der Waals surface area contributed by atoms with E-state index >= 15 is 0 Å². The van der Waals surface area contributed by atoms with E-state index in [4.69, 9.17) is 5.73 Å². The van der Waals surface area contributed by atoms with Gasteiger partial charge in [0.15, 0.2) is 5.96 Å². The van der Waals surface area contributed by atoms with Gasteiger partial charge in [0.25, 0.3) is 0 Å². The van der Waals surface area contributed by atoms with E-state index in [2.05, 4.69) is 44.5 Å². The van der Waals surface area contributed by atoms with Crippen LogP contribution in [-0.2, 0) is 0 Å². The third-order valence-corrected chi connectivity index (χ3v) is 2.58. The SMILES string of the molecule is CC(C)N1C(N)=NCC1C(C)(C)C. The molecule has 0 radical (unpaired) electrons. The van der Waals surface area contributed by atoms with Crippen molar-refractivity contribution in [3.63, 3.8) is 0 Å². The lowest BCUT2D eigenvalue weighted by molar-refractivity contribution is 0.162. The fraction of sp³-hybridized carbons (Fsp3) is 0.900. The molecule has 1 aliphatic rings. The Labute approximate surface area is 81.0 Å². The predicted molar refractivity (Wildman–Crippen MR) is 56.7 cm³/mol. The highest BCUT2D eigenvalue weighted by Crippen LogP contribution is 2.28.